The topological polar surface area (TPSA) is 22.1 Å². The maximum absolute atomic E-state index is 5.44. The van der Waals surface area contributed by atoms with Crippen LogP contribution in [0.3, 0.4) is 0 Å². The van der Waals surface area contributed by atoms with E-state index in [1.807, 2.05) is 6.20 Å². The number of nitrogens with zero attached hydrogens (tertiary/aromatic N) is 1. The summed E-state index contributed by atoms with van der Waals surface area (Å²) in [6.45, 7) is 1.78. The highest BCUT2D eigenvalue weighted by Gasteiger charge is 2.15. The lowest BCUT2D eigenvalue weighted by Crippen LogP contribution is -2.15. The van der Waals surface area contributed by atoms with Crippen LogP contribution in [0.2, 0.25) is 0 Å². The molecule has 0 spiro atoms. The highest BCUT2D eigenvalue weighted by molar-refractivity contribution is 9.10. The molecule has 2 nitrogen and oxygen atoms in total. The molecule has 1 fully saturated rings. The quantitative estimate of drug-likeness (QED) is 0.706. The molecule has 13 heavy (non-hydrogen) atoms. The number of pyridine rings is 1. The summed E-state index contributed by atoms with van der Waals surface area (Å²) < 4.78 is 6.35. The van der Waals surface area contributed by atoms with Crippen molar-refractivity contribution in [2.75, 3.05) is 13.2 Å². The van der Waals surface area contributed by atoms with E-state index in [0.29, 0.717) is 5.92 Å². The lowest BCUT2D eigenvalue weighted by molar-refractivity contribution is 0.0804. The molecule has 0 N–H and O–H groups in total. The first-order chi connectivity index (χ1) is 6.36. The predicted octanol–water partition coefficient (Wildman–Crippen LogP) is 2.74. The molecule has 1 aromatic rings. The van der Waals surface area contributed by atoms with Gasteiger partial charge in [0.05, 0.1) is 6.61 Å². The van der Waals surface area contributed by atoms with Crippen molar-refractivity contribution in [3.63, 3.8) is 0 Å². The van der Waals surface area contributed by atoms with Crippen LogP contribution in [0.1, 0.15) is 24.3 Å². The summed E-state index contributed by atoms with van der Waals surface area (Å²) >= 11 is 3.38. The lowest BCUT2D eigenvalue weighted by atomic mass is 9.95. The maximum Gasteiger partial charge on any atom is 0.106 e. The zero-order valence-corrected chi connectivity index (χ0v) is 8.96. The van der Waals surface area contributed by atoms with Gasteiger partial charge in [0.2, 0.25) is 0 Å². The van der Waals surface area contributed by atoms with Crippen molar-refractivity contribution in [2.24, 2.45) is 0 Å². The first kappa shape index (κ1) is 9.16. The van der Waals surface area contributed by atoms with Gasteiger partial charge in [0.25, 0.3) is 0 Å². The van der Waals surface area contributed by atoms with E-state index in [-0.39, 0.29) is 0 Å². The Morgan fingerprint density at radius 2 is 2.46 bits per heavy atom. The average molecular weight is 242 g/mol. The SMILES string of the molecule is Brc1cc(C2CCCOC2)ccn1. The minimum Gasteiger partial charge on any atom is -0.381 e. The van der Waals surface area contributed by atoms with Gasteiger partial charge in [0.15, 0.2) is 0 Å². The Hall–Kier alpha value is -0.410. The molecule has 0 amide bonds. The van der Waals surface area contributed by atoms with E-state index < -0.39 is 0 Å². The first-order valence-electron chi connectivity index (χ1n) is 4.55. The van der Waals surface area contributed by atoms with E-state index >= 15 is 0 Å². The van der Waals surface area contributed by atoms with Crippen molar-refractivity contribution in [1.29, 1.82) is 0 Å². The highest BCUT2D eigenvalue weighted by atomic mass is 79.9. The van der Waals surface area contributed by atoms with Crippen LogP contribution in [0.4, 0.5) is 0 Å². The van der Waals surface area contributed by atoms with Gasteiger partial charge in [-0.1, -0.05) is 0 Å². The summed E-state index contributed by atoms with van der Waals surface area (Å²) in [5, 5.41) is 0. The Morgan fingerprint density at radius 3 is 3.15 bits per heavy atom. The van der Waals surface area contributed by atoms with Crippen LogP contribution in [-0.2, 0) is 4.74 Å². The van der Waals surface area contributed by atoms with Gasteiger partial charge in [0.1, 0.15) is 4.60 Å². The van der Waals surface area contributed by atoms with Gasteiger partial charge in [-0.3, -0.25) is 0 Å². The molecule has 3 heteroatoms. The van der Waals surface area contributed by atoms with Crippen molar-refractivity contribution in [3.8, 4) is 0 Å². The van der Waals surface area contributed by atoms with E-state index in [9.17, 15) is 0 Å². The van der Waals surface area contributed by atoms with Crippen LogP contribution >= 0.6 is 15.9 Å². The average Bonchev–Trinajstić information content (AvgIpc) is 2.19. The van der Waals surface area contributed by atoms with Crippen LogP contribution in [0.5, 0.6) is 0 Å². The Labute approximate surface area is 86.5 Å². The largest absolute Gasteiger partial charge is 0.381 e. The molecule has 0 aliphatic carbocycles. The monoisotopic (exact) mass is 241 g/mol. The number of ether oxygens (including phenoxy) is 1. The summed E-state index contributed by atoms with van der Waals surface area (Å²) in [4.78, 5) is 4.11. The third-order valence-corrected chi connectivity index (χ3v) is 2.82. The molecule has 0 bridgehead atoms. The third kappa shape index (κ3) is 2.29. The fraction of sp³-hybridized carbons (Fsp3) is 0.500. The molecular weight excluding hydrogens is 230 g/mol. The van der Waals surface area contributed by atoms with Crippen molar-refractivity contribution in [3.05, 3.63) is 28.5 Å². The zero-order valence-electron chi connectivity index (χ0n) is 7.37. The second-order valence-electron chi connectivity index (χ2n) is 3.33. The molecule has 70 valence electrons. The number of hydrogen-bond acceptors (Lipinski definition) is 2. The summed E-state index contributed by atoms with van der Waals surface area (Å²) in [6.07, 6.45) is 4.25. The first-order valence-corrected chi connectivity index (χ1v) is 5.35. The highest BCUT2D eigenvalue weighted by Crippen LogP contribution is 2.26. The van der Waals surface area contributed by atoms with E-state index in [0.717, 1.165) is 17.8 Å². The predicted molar refractivity (Wildman–Crippen MR) is 54.7 cm³/mol. The van der Waals surface area contributed by atoms with E-state index in [4.69, 9.17) is 4.74 Å². The van der Waals surface area contributed by atoms with Crippen molar-refractivity contribution in [2.45, 2.75) is 18.8 Å². The summed E-state index contributed by atoms with van der Waals surface area (Å²) in [7, 11) is 0. The number of aromatic nitrogens is 1. The summed E-state index contributed by atoms with van der Waals surface area (Å²) in [5.41, 5.74) is 1.33. The van der Waals surface area contributed by atoms with E-state index in [1.165, 1.54) is 18.4 Å². The maximum atomic E-state index is 5.44. The summed E-state index contributed by atoms with van der Waals surface area (Å²) in [6, 6.07) is 4.16. The van der Waals surface area contributed by atoms with Gasteiger partial charge >= 0.3 is 0 Å². The van der Waals surface area contributed by atoms with Crippen LogP contribution in [0.25, 0.3) is 0 Å². The molecule has 1 saturated heterocycles. The Morgan fingerprint density at radius 1 is 1.54 bits per heavy atom. The second kappa shape index (κ2) is 4.20. The zero-order chi connectivity index (χ0) is 9.10. The number of halogens is 1. The van der Waals surface area contributed by atoms with Crippen molar-refractivity contribution < 1.29 is 4.74 Å². The fourth-order valence-corrected chi connectivity index (χ4v) is 2.06. The molecule has 2 rings (SSSR count). The normalized spacial score (nSPS) is 23.0. The molecule has 1 aromatic heterocycles. The van der Waals surface area contributed by atoms with Gasteiger partial charge in [-0.2, -0.15) is 0 Å². The van der Waals surface area contributed by atoms with Crippen LogP contribution in [-0.4, -0.2) is 18.2 Å². The van der Waals surface area contributed by atoms with Gasteiger partial charge in [0, 0.05) is 18.7 Å². The number of rotatable bonds is 1. The molecule has 0 saturated carbocycles. The molecular formula is C10H12BrNO. The molecule has 1 aliphatic rings. The molecule has 1 aliphatic heterocycles. The standard InChI is InChI=1S/C10H12BrNO/c11-10-6-8(3-4-12-10)9-2-1-5-13-7-9/h3-4,6,9H,1-2,5,7H2. The van der Waals surface area contributed by atoms with Gasteiger partial charge in [-0.05, 0) is 46.5 Å². The molecule has 1 atom stereocenters. The van der Waals surface area contributed by atoms with E-state index in [1.54, 1.807) is 0 Å². The van der Waals surface area contributed by atoms with E-state index in [2.05, 4.69) is 33.0 Å². The van der Waals surface area contributed by atoms with Gasteiger partial charge < -0.3 is 4.74 Å². The van der Waals surface area contributed by atoms with Crippen molar-refractivity contribution >= 4 is 15.9 Å². The van der Waals surface area contributed by atoms with Crippen molar-refractivity contribution in [1.82, 2.24) is 4.98 Å². The van der Waals surface area contributed by atoms with Crippen LogP contribution in [0.15, 0.2) is 22.9 Å². The smallest absolute Gasteiger partial charge is 0.106 e. The lowest BCUT2D eigenvalue weighted by Gasteiger charge is -2.22. The Balaban J connectivity index is 2.14. The van der Waals surface area contributed by atoms with Crippen LogP contribution in [0, 0.1) is 0 Å². The minimum absolute atomic E-state index is 0.563. The van der Waals surface area contributed by atoms with Crippen LogP contribution < -0.4 is 0 Å². The van der Waals surface area contributed by atoms with Gasteiger partial charge in [-0.15, -0.1) is 0 Å². The van der Waals surface area contributed by atoms with Gasteiger partial charge in [-0.25, -0.2) is 4.98 Å². The molecule has 0 aromatic carbocycles. The molecule has 1 unspecified atom stereocenters. The fourth-order valence-electron chi connectivity index (χ4n) is 1.67. The molecule has 0 radical (unpaired) electrons. The Kier molecular flexibility index (Phi) is 2.96. The third-order valence-electron chi connectivity index (χ3n) is 2.38. The molecule has 2 heterocycles. The Bertz CT molecular complexity index is 284. The minimum atomic E-state index is 0.563. The second-order valence-corrected chi connectivity index (χ2v) is 4.14. The summed E-state index contributed by atoms with van der Waals surface area (Å²) in [5.74, 6) is 0.563. The number of hydrogen-bond donors (Lipinski definition) is 0.